The van der Waals surface area contributed by atoms with Crippen molar-refractivity contribution in [2.45, 2.75) is 18.6 Å². The summed E-state index contributed by atoms with van der Waals surface area (Å²) in [5.41, 5.74) is 2.83. The van der Waals surface area contributed by atoms with E-state index in [4.69, 9.17) is 4.74 Å². The van der Waals surface area contributed by atoms with Crippen molar-refractivity contribution in [1.82, 2.24) is 4.57 Å². The zero-order valence-corrected chi connectivity index (χ0v) is 20.8. The van der Waals surface area contributed by atoms with Crippen molar-refractivity contribution in [3.05, 3.63) is 150 Å². The van der Waals surface area contributed by atoms with E-state index in [1.165, 1.54) is 0 Å². The topological polar surface area (TPSA) is 51.5 Å². The van der Waals surface area contributed by atoms with Crippen LogP contribution in [0.25, 0.3) is 21.5 Å². The van der Waals surface area contributed by atoms with Gasteiger partial charge in [0.1, 0.15) is 11.8 Å². The summed E-state index contributed by atoms with van der Waals surface area (Å²) in [6.45, 7) is 0. The van der Waals surface area contributed by atoms with Gasteiger partial charge in [-0.2, -0.15) is 0 Å². The molecule has 5 aromatic carbocycles. The van der Waals surface area contributed by atoms with Gasteiger partial charge in [0.25, 0.3) is 0 Å². The Morgan fingerprint density at radius 2 is 1.18 bits per heavy atom. The van der Waals surface area contributed by atoms with Crippen LogP contribution in [0.15, 0.2) is 134 Å². The van der Waals surface area contributed by atoms with Crippen LogP contribution < -0.4 is 0 Å². The number of phenols is 1. The number of hydrogen-bond acceptors (Lipinski definition) is 3. The molecule has 0 amide bonds. The number of hydrogen-bond donors (Lipinski definition) is 1. The Kier molecular flexibility index (Phi) is 6.37. The smallest absolute Gasteiger partial charge is 0.330 e. The highest BCUT2D eigenvalue weighted by Crippen LogP contribution is 2.37. The lowest BCUT2D eigenvalue weighted by atomic mass is 9.92. The molecule has 0 fully saturated rings. The van der Waals surface area contributed by atoms with Crippen LogP contribution in [0.2, 0.25) is 0 Å². The molecule has 1 heterocycles. The van der Waals surface area contributed by atoms with E-state index >= 15 is 0 Å². The summed E-state index contributed by atoms with van der Waals surface area (Å²) in [4.78, 5) is 14.0. The maximum absolute atomic E-state index is 14.0. The van der Waals surface area contributed by atoms with Crippen LogP contribution in [-0.4, -0.2) is 15.6 Å². The maximum atomic E-state index is 14.0. The largest absolute Gasteiger partial charge is 0.508 e. The van der Waals surface area contributed by atoms with Crippen LogP contribution in [0.1, 0.15) is 28.8 Å². The number of phenolic OH excluding ortho intramolecular Hbond substituents is 1. The Labute approximate surface area is 221 Å². The number of nitrogens with zero attached hydrogens (tertiary/aromatic N) is 1. The van der Waals surface area contributed by atoms with Crippen molar-refractivity contribution in [2.75, 3.05) is 0 Å². The molecule has 1 atom stereocenters. The highest BCUT2D eigenvalue weighted by atomic mass is 16.5. The van der Waals surface area contributed by atoms with Gasteiger partial charge >= 0.3 is 5.97 Å². The Hall–Kier alpha value is -4.83. The standard InChI is InChI=1S/C34H27NO3/c36-27-19-17-24(18-20-27)23-32(35-21-5-6-22-35)34(37)38-33(30-15-7-11-25-9-1-3-13-28(25)30)31-16-8-12-26-10-2-4-14-29(26)31/h1-22,32-33,36H,23H2/t32-/m0/s1. The van der Waals surface area contributed by atoms with Crippen LogP contribution in [-0.2, 0) is 16.0 Å². The Morgan fingerprint density at radius 3 is 1.76 bits per heavy atom. The first-order chi connectivity index (χ1) is 18.7. The number of esters is 1. The quantitative estimate of drug-likeness (QED) is 0.231. The number of fused-ring (bicyclic) bond motifs is 2. The molecule has 1 aromatic heterocycles. The first-order valence-electron chi connectivity index (χ1n) is 12.7. The lowest BCUT2D eigenvalue weighted by Gasteiger charge is -2.25. The fraction of sp³-hybridized carbons (Fsp3) is 0.0882. The molecular formula is C34H27NO3. The number of benzene rings is 5. The van der Waals surface area contributed by atoms with Crippen molar-refractivity contribution in [1.29, 1.82) is 0 Å². The maximum Gasteiger partial charge on any atom is 0.330 e. The van der Waals surface area contributed by atoms with Gasteiger partial charge in [-0.1, -0.05) is 97.1 Å². The molecular weight excluding hydrogens is 470 g/mol. The second kappa shape index (κ2) is 10.3. The highest BCUT2D eigenvalue weighted by molar-refractivity contribution is 5.90. The molecule has 0 saturated carbocycles. The van der Waals surface area contributed by atoms with E-state index < -0.39 is 12.1 Å². The van der Waals surface area contributed by atoms with E-state index in [2.05, 4.69) is 36.4 Å². The van der Waals surface area contributed by atoms with Crippen molar-refractivity contribution in [2.24, 2.45) is 0 Å². The van der Waals surface area contributed by atoms with Crippen LogP contribution in [0, 0.1) is 0 Å². The summed E-state index contributed by atoms with van der Waals surface area (Å²) in [7, 11) is 0. The minimum absolute atomic E-state index is 0.195. The molecule has 0 radical (unpaired) electrons. The van der Waals surface area contributed by atoms with Gasteiger partial charge in [0.2, 0.25) is 0 Å². The Morgan fingerprint density at radius 1 is 0.658 bits per heavy atom. The average Bonchev–Trinajstić information content (AvgIpc) is 3.50. The molecule has 186 valence electrons. The number of carbonyl (C=O) groups excluding carboxylic acids is 1. The molecule has 4 heteroatoms. The monoisotopic (exact) mass is 497 g/mol. The summed E-state index contributed by atoms with van der Waals surface area (Å²) in [5.74, 6) is -0.124. The third-order valence-electron chi connectivity index (χ3n) is 7.07. The number of ether oxygens (including phenoxy) is 1. The SMILES string of the molecule is O=C(OC(c1cccc2ccccc12)c1cccc2ccccc12)[C@H](Cc1ccc(O)cc1)n1cccc1. The molecule has 0 aliphatic carbocycles. The number of aromatic hydroxyl groups is 1. The zero-order valence-electron chi connectivity index (χ0n) is 20.8. The molecule has 4 nitrogen and oxygen atoms in total. The molecule has 6 rings (SSSR count). The van der Waals surface area contributed by atoms with Gasteiger partial charge in [0.05, 0.1) is 0 Å². The van der Waals surface area contributed by atoms with Gasteiger partial charge in [0, 0.05) is 29.9 Å². The minimum Gasteiger partial charge on any atom is -0.508 e. The highest BCUT2D eigenvalue weighted by Gasteiger charge is 2.29. The van der Waals surface area contributed by atoms with Crippen molar-refractivity contribution in [3.8, 4) is 5.75 Å². The fourth-order valence-corrected chi connectivity index (χ4v) is 5.17. The molecule has 0 bridgehead atoms. The summed E-state index contributed by atoms with van der Waals surface area (Å²) in [6.07, 6.45) is 3.61. The first-order valence-corrected chi connectivity index (χ1v) is 12.7. The van der Waals surface area contributed by atoms with Gasteiger partial charge < -0.3 is 14.4 Å². The van der Waals surface area contributed by atoms with E-state index in [9.17, 15) is 9.90 Å². The summed E-state index contributed by atoms with van der Waals surface area (Å²) in [5, 5.41) is 14.0. The third kappa shape index (κ3) is 4.64. The van der Waals surface area contributed by atoms with Crippen molar-refractivity contribution >= 4 is 27.5 Å². The summed E-state index contributed by atoms with van der Waals surface area (Å²) < 4.78 is 8.40. The lowest BCUT2D eigenvalue weighted by molar-refractivity contribution is -0.151. The average molecular weight is 498 g/mol. The molecule has 38 heavy (non-hydrogen) atoms. The number of rotatable bonds is 7. The van der Waals surface area contributed by atoms with Gasteiger partial charge in [-0.25, -0.2) is 4.79 Å². The number of carbonyl (C=O) groups is 1. The number of aromatic nitrogens is 1. The van der Waals surface area contributed by atoms with Gasteiger partial charge in [-0.15, -0.1) is 0 Å². The normalized spacial score (nSPS) is 12.1. The van der Waals surface area contributed by atoms with Crippen LogP contribution in [0.3, 0.4) is 0 Å². The predicted octanol–water partition coefficient (Wildman–Crippen LogP) is 7.62. The second-order valence-corrected chi connectivity index (χ2v) is 9.47. The summed E-state index contributed by atoms with van der Waals surface area (Å²) >= 11 is 0. The van der Waals surface area contributed by atoms with E-state index in [-0.39, 0.29) is 11.7 Å². The fourth-order valence-electron chi connectivity index (χ4n) is 5.17. The van der Waals surface area contributed by atoms with Crippen LogP contribution in [0.5, 0.6) is 5.75 Å². The zero-order chi connectivity index (χ0) is 25.9. The van der Waals surface area contributed by atoms with Gasteiger partial charge in [-0.05, 0) is 51.4 Å². The molecule has 1 N–H and O–H groups in total. The first kappa shape index (κ1) is 23.6. The van der Waals surface area contributed by atoms with E-state index in [0.29, 0.717) is 6.42 Å². The minimum atomic E-state index is -0.599. The summed E-state index contributed by atoms with van der Waals surface area (Å²) in [6, 6.07) is 38.9. The van der Waals surface area contributed by atoms with E-state index in [0.717, 1.165) is 38.2 Å². The second-order valence-electron chi connectivity index (χ2n) is 9.47. The molecule has 0 spiro atoms. The van der Waals surface area contributed by atoms with Crippen LogP contribution in [0.4, 0.5) is 0 Å². The molecule has 0 aliphatic rings. The molecule has 0 saturated heterocycles. The van der Waals surface area contributed by atoms with Gasteiger partial charge in [0.15, 0.2) is 6.10 Å². The third-order valence-corrected chi connectivity index (χ3v) is 7.07. The predicted molar refractivity (Wildman–Crippen MR) is 151 cm³/mol. The van der Waals surface area contributed by atoms with Crippen LogP contribution >= 0.6 is 0 Å². The Balaban J connectivity index is 1.46. The Bertz CT molecular complexity index is 1610. The van der Waals surface area contributed by atoms with E-state index in [1.54, 1.807) is 12.1 Å². The molecule has 6 aromatic rings. The van der Waals surface area contributed by atoms with Gasteiger partial charge in [-0.3, -0.25) is 0 Å². The van der Waals surface area contributed by atoms with Crippen molar-refractivity contribution in [3.63, 3.8) is 0 Å². The van der Waals surface area contributed by atoms with Crippen molar-refractivity contribution < 1.29 is 14.6 Å². The van der Waals surface area contributed by atoms with E-state index in [1.807, 2.05) is 89.8 Å². The molecule has 0 unspecified atom stereocenters. The molecule has 0 aliphatic heterocycles. The lowest BCUT2D eigenvalue weighted by Crippen LogP contribution is -2.25.